The largest absolute Gasteiger partial charge is 0.497 e. The van der Waals surface area contributed by atoms with E-state index in [2.05, 4.69) is 36.5 Å². The zero-order valence-corrected chi connectivity index (χ0v) is 19.2. The third-order valence-electron chi connectivity index (χ3n) is 6.18. The lowest BCUT2D eigenvalue weighted by Crippen LogP contribution is -2.44. The van der Waals surface area contributed by atoms with E-state index in [1.165, 1.54) is 31.0 Å². The Balaban J connectivity index is 1.61. The molecule has 1 aromatic heterocycles. The summed E-state index contributed by atoms with van der Waals surface area (Å²) < 4.78 is 5.41. The van der Waals surface area contributed by atoms with Crippen LogP contribution >= 0.6 is 11.8 Å². The van der Waals surface area contributed by atoms with Gasteiger partial charge < -0.3 is 10.1 Å². The quantitative estimate of drug-likeness (QED) is 0.477. The van der Waals surface area contributed by atoms with Gasteiger partial charge in [0, 0.05) is 17.5 Å². The molecule has 31 heavy (non-hydrogen) atoms. The molecule has 1 N–H and O–H groups in total. The number of ether oxygens (including phenoxy) is 1. The van der Waals surface area contributed by atoms with Crippen LogP contribution in [0.25, 0.3) is 22.0 Å². The summed E-state index contributed by atoms with van der Waals surface area (Å²) in [6.45, 7) is 4.21. The topological polar surface area (TPSA) is 51.2 Å². The van der Waals surface area contributed by atoms with E-state index in [0.717, 1.165) is 39.2 Å². The average molecular weight is 435 g/mol. The summed E-state index contributed by atoms with van der Waals surface area (Å²) in [6.07, 6.45) is 4.74. The van der Waals surface area contributed by atoms with Crippen molar-refractivity contribution < 1.29 is 9.53 Å². The van der Waals surface area contributed by atoms with E-state index in [-0.39, 0.29) is 17.2 Å². The van der Waals surface area contributed by atoms with Crippen molar-refractivity contribution in [2.24, 2.45) is 5.92 Å². The molecule has 1 saturated carbocycles. The minimum atomic E-state index is -0.215. The molecule has 1 heterocycles. The third-order valence-corrected chi connectivity index (χ3v) is 7.20. The van der Waals surface area contributed by atoms with Crippen LogP contribution in [-0.2, 0) is 4.79 Å². The van der Waals surface area contributed by atoms with Gasteiger partial charge in [-0.1, -0.05) is 61.9 Å². The van der Waals surface area contributed by atoms with Gasteiger partial charge in [-0.05, 0) is 55.0 Å². The van der Waals surface area contributed by atoms with Gasteiger partial charge in [0.15, 0.2) is 0 Å². The Bertz CT molecular complexity index is 1050. The van der Waals surface area contributed by atoms with Crippen molar-refractivity contribution in [2.45, 2.75) is 55.8 Å². The Morgan fingerprint density at radius 2 is 1.90 bits per heavy atom. The lowest BCUT2D eigenvalue weighted by Gasteiger charge is -2.30. The Hall–Kier alpha value is -2.53. The van der Waals surface area contributed by atoms with E-state index >= 15 is 0 Å². The van der Waals surface area contributed by atoms with Crippen molar-refractivity contribution in [1.82, 2.24) is 10.3 Å². The van der Waals surface area contributed by atoms with E-state index in [0.29, 0.717) is 5.92 Å². The maximum Gasteiger partial charge on any atom is 0.233 e. The number of aromatic nitrogens is 1. The second kappa shape index (κ2) is 9.73. The number of methoxy groups -OCH3 is 1. The summed E-state index contributed by atoms with van der Waals surface area (Å²) in [6, 6.07) is 18.7. The van der Waals surface area contributed by atoms with Gasteiger partial charge in [0.05, 0.1) is 22.9 Å². The first-order chi connectivity index (χ1) is 15.0. The highest BCUT2D eigenvalue weighted by atomic mass is 32.2. The van der Waals surface area contributed by atoms with Crippen LogP contribution in [0.1, 0.15) is 39.5 Å². The fourth-order valence-corrected chi connectivity index (χ4v) is 5.17. The van der Waals surface area contributed by atoms with Gasteiger partial charge in [-0.2, -0.15) is 0 Å². The van der Waals surface area contributed by atoms with Gasteiger partial charge in [0.2, 0.25) is 5.91 Å². The molecule has 0 unspecified atom stereocenters. The van der Waals surface area contributed by atoms with Crippen LogP contribution in [0.5, 0.6) is 5.75 Å². The van der Waals surface area contributed by atoms with Crippen molar-refractivity contribution >= 4 is 28.6 Å². The van der Waals surface area contributed by atoms with E-state index in [9.17, 15) is 4.79 Å². The zero-order valence-electron chi connectivity index (χ0n) is 18.4. The average Bonchev–Trinajstić information content (AvgIpc) is 2.80. The predicted molar refractivity (Wildman–Crippen MR) is 129 cm³/mol. The van der Waals surface area contributed by atoms with Crippen molar-refractivity contribution in [3.05, 3.63) is 54.6 Å². The molecule has 3 aromatic rings. The standard InChI is InChI=1S/C26H30N2O2S/c1-17-9-7-8-12-23(17)28-26(29)18(2)31-25-16-22(19-10-5-4-6-11-19)21-14-13-20(30-3)15-24(21)27-25/h4-6,10-11,13-18,23H,7-9,12H2,1-3H3,(H,28,29)/t17-,18+,23-/m0/s1. The molecule has 1 amide bonds. The number of fused-ring (bicyclic) bond motifs is 1. The summed E-state index contributed by atoms with van der Waals surface area (Å²) in [5, 5.41) is 4.99. The maximum atomic E-state index is 12.9. The highest BCUT2D eigenvalue weighted by Gasteiger charge is 2.25. The molecule has 0 bridgehead atoms. The molecule has 0 aliphatic heterocycles. The van der Waals surface area contributed by atoms with E-state index in [1.807, 2.05) is 37.3 Å². The number of carbonyl (C=O) groups is 1. The van der Waals surface area contributed by atoms with E-state index in [4.69, 9.17) is 9.72 Å². The highest BCUT2D eigenvalue weighted by Crippen LogP contribution is 2.34. The Labute approximate surface area is 188 Å². The molecule has 4 nitrogen and oxygen atoms in total. The number of nitrogens with one attached hydrogen (secondary N) is 1. The van der Waals surface area contributed by atoms with Crippen LogP contribution in [0.2, 0.25) is 0 Å². The number of hydrogen-bond acceptors (Lipinski definition) is 4. The Morgan fingerprint density at radius 3 is 2.65 bits per heavy atom. The second-order valence-electron chi connectivity index (χ2n) is 8.39. The molecule has 1 aliphatic rings. The predicted octanol–water partition coefficient (Wildman–Crippen LogP) is 6.09. The van der Waals surface area contributed by atoms with Crippen LogP contribution in [0.4, 0.5) is 0 Å². The number of rotatable bonds is 6. The fourth-order valence-electron chi connectivity index (χ4n) is 4.29. The molecule has 1 aliphatic carbocycles. The summed E-state index contributed by atoms with van der Waals surface area (Å²) in [5.41, 5.74) is 3.12. The molecule has 2 aromatic carbocycles. The summed E-state index contributed by atoms with van der Waals surface area (Å²) in [4.78, 5) is 17.8. The molecule has 0 spiro atoms. The van der Waals surface area contributed by atoms with Crippen LogP contribution in [0.3, 0.4) is 0 Å². The number of benzene rings is 2. The number of carbonyl (C=O) groups excluding carboxylic acids is 1. The molecule has 0 radical (unpaired) electrons. The van der Waals surface area contributed by atoms with Crippen LogP contribution in [-0.4, -0.2) is 29.3 Å². The summed E-state index contributed by atoms with van der Waals surface area (Å²) >= 11 is 1.51. The molecular weight excluding hydrogens is 404 g/mol. The van der Waals surface area contributed by atoms with Crippen molar-refractivity contribution in [2.75, 3.05) is 7.11 Å². The van der Waals surface area contributed by atoms with Gasteiger partial charge >= 0.3 is 0 Å². The zero-order chi connectivity index (χ0) is 21.8. The third kappa shape index (κ3) is 5.04. The molecule has 0 saturated heterocycles. The lowest BCUT2D eigenvalue weighted by atomic mass is 9.86. The van der Waals surface area contributed by atoms with E-state index < -0.39 is 0 Å². The van der Waals surface area contributed by atoms with E-state index in [1.54, 1.807) is 7.11 Å². The lowest BCUT2D eigenvalue weighted by molar-refractivity contribution is -0.121. The van der Waals surface area contributed by atoms with Gasteiger partial charge in [-0.15, -0.1) is 0 Å². The minimum Gasteiger partial charge on any atom is -0.497 e. The van der Waals surface area contributed by atoms with Crippen LogP contribution < -0.4 is 10.1 Å². The smallest absolute Gasteiger partial charge is 0.233 e. The fraction of sp³-hybridized carbons (Fsp3) is 0.385. The van der Waals surface area contributed by atoms with Gasteiger partial charge in [0.25, 0.3) is 0 Å². The highest BCUT2D eigenvalue weighted by molar-refractivity contribution is 8.00. The minimum absolute atomic E-state index is 0.0950. The first-order valence-corrected chi connectivity index (χ1v) is 11.9. The molecule has 3 atom stereocenters. The first-order valence-electron chi connectivity index (χ1n) is 11.1. The normalized spacial score (nSPS) is 19.7. The van der Waals surface area contributed by atoms with Gasteiger partial charge in [-0.3, -0.25) is 4.79 Å². The summed E-state index contributed by atoms with van der Waals surface area (Å²) in [5.74, 6) is 1.42. The Morgan fingerprint density at radius 1 is 1.13 bits per heavy atom. The van der Waals surface area contributed by atoms with Gasteiger partial charge in [0.1, 0.15) is 5.75 Å². The van der Waals surface area contributed by atoms with Crippen molar-refractivity contribution in [1.29, 1.82) is 0 Å². The number of nitrogens with zero attached hydrogens (tertiary/aromatic N) is 1. The van der Waals surface area contributed by atoms with Crippen LogP contribution in [0.15, 0.2) is 59.6 Å². The first kappa shape index (κ1) is 21.7. The molecule has 162 valence electrons. The van der Waals surface area contributed by atoms with Gasteiger partial charge in [-0.25, -0.2) is 4.98 Å². The van der Waals surface area contributed by atoms with Crippen LogP contribution in [0, 0.1) is 5.92 Å². The monoisotopic (exact) mass is 434 g/mol. The van der Waals surface area contributed by atoms with Crippen molar-refractivity contribution in [3.8, 4) is 16.9 Å². The van der Waals surface area contributed by atoms with Crippen molar-refractivity contribution in [3.63, 3.8) is 0 Å². The number of hydrogen-bond donors (Lipinski definition) is 1. The second-order valence-corrected chi connectivity index (χ2v) is 9.76. The molecule has 1 fully saturated rings. The molecule has 4 rings (SSSR count). The number of amides is 1. The number of thioether (sulfide) groups is 1. The Kier molecular flexibility index (Phi) is 6.81. The molecular formula is C26H30N2O2S. The summed E-state index contributed by atoms with van der Waals surface area (Å²) in [7, 11) is 1.66. The SMILES string of the molecule is COc1ccc2c(-c3ccccc3)cc(S[C@H](C)C(=O)N[C@H]3CCCC[C@@H]3C)nc2c1. The number of pyridine rings is 1. The maximum absolute atomic E-state index is 12.9. The molecule has 5 heteroatoms.